The van der Waals surface area contributed by atoms with Crippen LogP contribution in [0.25, 0.3) is 83.9 Å². The first-order chi connectivity index (χ1) is 34.6. The zero-order valence-electron chi connectivity index (χ0n) is 47.0. The third-order valence-corrected chi connectivity index (χ3v) is 12.8. The van der Waals surface area contributed by atoms with Crippen LogP contribution in [0.3, 0.4) is 0 Å². The van der Waals surface area contributed by atoms with Crippen LogP contribution in [0.15, 0.2) is 170 Å². The molecule has 0 aliphatic carbocycles. The first-order valence-electron chi connectivity index (χ1n) is 26.5. The van der Waals surface area contributed by atoms with Crippen molar-refractivity contribution in [2.45, 2.75) is 98.2 Å². The Labute approximate surface area is 407 Å². The van der Waals surface area contributed by atoms with E-state index >= 15 is 0 Å². The van der Waals surface area contributed by atoms with Crippen molar-refractivity contribution < 1.29 is 14.7 Å². The molecule has 0 saturated carbocycles. The number of phenolic OH excluding ortho intramolecular Hbond substituents is 1. The van der Waals surface area contributed by atoms with Crippen molar-refractivity contribution in [2.75, 3.05) is 0 Å². The average Bonchev–Trinajstić information content (AvgIpc) is 3.74. The summed E-state index contributed by atoms with van der Waals surface area (Å²) in [4.78, 5) is 10.5. The molecule has 2 heterocycles. The summed E-state index contributed by atoms with van der Waals surface area (Å²) < 4.78 is 63.0. The van der Waals surface area contributed by atoms with Gasteiger partial charge in [-0.25, -0.2) is 4.98 Å². The average molecular weight is 885 g/mol. The first kappa shape index (κ1) is 37.1. The molecule has 0 aliphatic heterocycles. The Hall–Kier alpha value is -7.04. The molecule has 0 spiro atoms. The minimum Gasteiger partial charge on any atom is -0.507 e. The lowest BCUT2D eigenvalue weighted by molar-refractivity contribution is 0.446. The first-order valence-corrected chi connectivity index (χ1v) is 23.0. The fourth-order valence-electron chi connectivity index (χ4n) is 8.91. The number of rotatable bonds is 8. The minimum atomic E-state index is -3.04. The summed E-state index contributed by atoms with van der Waals surface area (Å²) in [6.45, 7) is 11.3. The summed E-state index contributed by atoms with van der Waals surface area (Å²) in [5, 5.41) is 12.8. The lowest BCUT2D eigenvalue weighted by atomic mass is 9.79. The van der Waals surface area contributed by atoms with Crippen molar-refractivity contribution in [3.05, 3.63) is 192 Å². The summed E-state index contributed by atoms with van der Waals surface area (Å²) in [7, 11) is 0. The molecule has 0 fully saturated rings. The molecule has 67 heavy (non-hydrogen) atoms. The Balaban J connectivity index is 1.37. The molecule has 9 aromatic rings. The van der Waals surface area contributed by atoms with Gasteiger partial charge in [-0.15, -0.1) is 0 Å². The van der Waals surface area contributed by atoms with Gasteiger partial charge in [-0.2, -0.15) is 0 Å². The number of nitrogens with zero attached hydrogens (tertiary/aromatic N) is 3. The highest BCUT2D eigenvalue weighted by molar-refractivity contribution is 5.98. The van der Waals surface area contributed by atoms with Gasteiger partial charge >= 0.3 is 0 Å². The molecule has 0 unspecified atom stereocenters. The topological polar surface area (TPSA) is 50.9 Å². The largest absolute Gasteiger partial charge is 0.507 e. The highest BCUT2D eigenvalue weighted by atomic mass is 16.3. The smallest absolute Gasteiger partial charge is 0.149 e. The van der Waals surface area contributed by atoms with Crippen LogP contribution in [0.4, 0.5) is 0 Å². The van der Waals surface area contributed by atoms with E-state index in [2.05, 4.69) is 99.6 Å². The zero-order valence-corrected chi connectivity index (χ0v) is 40.0. The van der Waals surface area contributed by atoms with E-state index in [1.165, 1.54) is 6.92 Å². The van der Waals surface area contributed by atoms with Gasteiger partial charge in [-0.3, -0.25) is 9.55 Å². The number of para-hydroxylation sites is 1. The molecule has 7 aromatic carbocycles. The molecule has 2 aromatic heterocycles. The van der Waals surface area contributed by atoms with Gasteiger partial charge in [0, 0.05) is 38.0 Å². The molecular weight excluding hydrogens is 815 g/mol. The van der Waals surface area contributed by atoms with E-state index in [0.29, 0.717) is 22.4 Å². The fourth-order valence-corrected chi connectivity index (χ4v) is 8.91. The summed E-state index contributed by atoms with van der Waals surface area (Å²) >= 11 is 0. The Bertz CT molecular complexity index is 3520. The third kappa shape index (κ3) is 8.98. The van der Waals surface area contributed by atoms with Gasteiger partial charge in [-0.1, -0.05) is 185 Å². The zero-order chi connectivity index (χ0) is 53.3. The lowest BCUT2D eigenvalue weighted by Gasteiger charge is -2.28. The molecule has 0 atom stereocenters. The molecule has 0 radical (unpaired) electrons. The van der Waals surface area contributed by atoms with Crippen LogP contribution in [-0.2, 0) is 16.2 Å². The van der Waals surface area contributed by atoms with Crippen molar-refractivity contribution in [3.63, 3.8) is 0 Å². The molecule has 0 bridgehead atoms. The number of aromatic hydroxyl groups is 1. The van der Waals surface area contributed by atoms with E-state index in [0.717, 1.165) is 72.6 Å². The van der Waals surface area contributed by atoms with Crippen molar-refractivity contribution in [1.29, 1.82) is 0 Å². The van der Waals surface area contributed by atoms with Gasteiger partial charge in [0.2, 0.25) is 0 Å². The normalized spacial score (nSPS) is 14.4. The Morgan fingerprint density at radius 2 is 1.15 bits per heavy atom. The van der Waals surface area contributed by atoms with Crippen LogP contribution < -0.4 is 0 Å². The molecule has 0 aliphatic rings. The second kappa shape index (κ2) is 17.3. The Morgan fingerprint density at radius 3 is 1.81 bits per heavy atom. The van der Waals surface area contributed by atoms with E-state index in [-0.39, 0.29) is 16.5 Å². The van der Waals surface area contributed by atoms with E-state index in [1.807, 2.05) is 124 Å². The van der Waals surface area contributed by atoms with Gasteiger partial charge in [-0.05, 0) is 127 Å². The number of phenols is 1. The number of aromatic nitrogens is 3. The van der Waals surface area contributed by atoms with Crippen LogP contribution in [0.2, 0.25) is 0 Å². The highest BCUT2D eigenvalue weighted by Crippen LogP contribution is 2.46. The number of benzene rings is 7. The molecule has 0 amide bonds. The van der Waals surface area contributed by atoms with Crippen LogP contribution in [-0.4, -0.2) is 19.6 Å². The molecular formula is C63H63N3O. The predicted molar refractivity (Wildman–Crippen MR) is 283 cm³/mol. The molecule has 1 N–H and O–H groups in total. The van der Waals surface area contributed by atoms with Crippen LogP contribution >= 0.6 is 0 Å². The standard InChI is InChI=1S/C63H63N3O/c1-40(2)41-25-27-43(28-26-41)45-31-32-64-55(36-45)48-34-46(42-19-14-12-15-20-42)33-47(35-48)51-23-18-24-57-58(51)65-60(53-38-50(62(6,7)8)39-54(59(53)67)63(9,10)11)66(57)56-30-29-49(61(3,4)5)37-52(56)44-21-16-13-17-22-44/h12-40,67H,1-11H3/i9D3,10D3,40D. The highest BCUT2D eigenvalue weighted by Gasteiger charge is 2.30. The summed E-state index contributed by atoms with van der Waals surface area (Å²) in [6, 6.07) is 54.7. The fraction of sp³-hybridized carbons (Fsp3) is 0.238. The van der Waals surface area contributed by atoms with Crippen molar-refractivity contribution in [2.24, 2.45) is 0 Å². The van der Waals surface area contributed by atoms with Crippen LogP contribution in [0.5, 0.6) is 5.75 Å². The molecule has 9 rings (SSSR count). The van der Waals surface area contributed by atoms with Crippen molar-refractivity contribution in [1.82, 2.24) is 14.5 Å². The van der Waals surface area contributed by atoms with Gasteiger partial charge < -0.3 is 5.11 Å². The Morgan fingerprint density at radius 1 is 0.522 bits per heavy atom. The maximum absolute atomic E-state index is 12.8. The van der Waals surface area contributed by atoms with E-state index < -0.39 is 36.2 Å². The van der Waals surface area contributed by atoms with E-state index in [1.54, 1.807) is 6.07 Å². The monoisotopic (exact) mass is 885 g/mol. The van der Waals surface area contributed by atoms with Crippen molar-refractivity contribution in [3.8, 4) is 78.6 Å². The number of pyridine rings is 1. The lowest BCUT2D eigenvalue weighted by Crippen LogP contribution is -2.17. The number of hydrogen-bond donors (Lipinski definition) is 1. The summed E-state index contributed by atoms with van der Waals surface area (Å²) in [6.07, 6.45) is 1.82. The van der Waals surface area contributed by atoms with Gasteiger partial charge in [0.25, 0.3) is 0 Å². The quantitative estimate of drug-likeness (QED) is 0.165. The Kier molecular flexibility index (Phi) is 9.59. The number of imidazole rings is 1. The van der Waals surface area contributed by atoms with Gasteiger partial charge in [0.1, 0.15) is 11.6 Å². The van der Waals surface area contributed by atoms with Gasteiger partial charge in [0.05, 0.1) is 28.0 Å². The van der Waals surface area contributed by atoms with Gasteiger partial charge in [0.15, 0.2) is 0 Å². The predicted octanol–water partition coefficient (Wildman–Crippen LogP) is 17.1. The molecule has 336 valence electrons. The van der Waals surface area contributed by atoms with Crippen LogP contribution in [0.1, 0.15) is 114 Å². The van der Waals surface area contributed by atoms with Crippen molar-refractivity contribution >= 4 is 11.0 Å². The second-order valence-electron chi connectivity index (χ2n) is 20.3. The number of fused-ring (bicyclic) bond motifs is 1. The molecule has 0 saturated heterocycles. The van der Waals surface area contributed by atoms with Crippen LogP contribution in [0, 0.1) is 0 Å². The third-order valence-electron chi connectivity index (χ3n) is 12.8. The summed E-state index contributed by atoms with van der Waals surface area (Å²) in [5.41, 5.74) is 10.6. The van der Waals surface area contributed by atoms with E-state index in [9.17, 15) is 5.11 Å². The maximum atomic E-state index is 12.8. The second-order valence-corrected chi connectivity index (χ2v) is 20.3. The SMILES string of the molecule is [2H]C(C)(C)c1ccc(-c2ccnc(-c3cc(-c4ccccc4)cc(-c4cccc5c4nc(-c4cc(C(C)(C)C)cc(C(C)(C([2H])([2H])[2H])C([2H])([2H])[2H])c4O)n5-c4ccc(C(C)(C)C)cc4-c4ccccc4)c3)c2)cc1. The minimum absolute atomic E-state index is 0.198. The molecule has 4 heteroatoms. The van der Waals surface area contributed by atoms with E-state index in [4.69, 9.17) is 19.6 Å². The maximum Gasteiger partial charge on any atom is 0.149 e. The molecule has 4 nitrogen and oxygen atoms in total. The number of hydrogen-bond acceptors (Lipinski definition) is 3. The summed E-state index contributed by atoms with van der Waals surface area (Å²) in [5.74, 6) is -0.877.